The number of sulfonamides is 1. The Morgan fingerprint density at radius 2 is 1.47 bits per heavy atom. The molecule has 0 spiro atoms. The summed E-state index contributed by atoms with van der Waals surface area (Å²) < 4.78 is 25.5. The van der Waals surface area contributed by atoms with Gasteiger partial charge >= 0.3 is 0 Å². The zero-order valence-electron chi connectivity index (χ0n) is 18.1. The summed E-state index contributed by atoms with van der Waals surface area (Å²) >= 11 is 0. The first-order valence-electron chi connectivity index (χ1n) is 10.6. The van der Waals surface area contributed by atoms with Crippen LogP contribution in [0.4, 0.5) is 17.1 Å². The molecule has 0 aliphatic rings. The van der Waals surface area contributed by atoms with Gasteiger partial charge in [-0.05, 0) is 42.8 Å². The fraction of sp³-hybridized carbons (Fsp3) is 0.200. The Hall–Kier alpha value is -3.45. The Morgan fingerprint density at radius 1 is 0.906 bits per heavy atom. The van der Waals surface area contributed by atoms with Gasteiger partial charge in [-0.2, -0.15) is 0 Å². The van der Waals surface area contributed by atoms with E-state index in [0.717, 1.165) is 50.2 Å². The van der Waals surface area contributed by atoms with Crippen molar-refractivity contribution in [1.82, 2.24) is 4.98 Å². The number of carbonyl (C=O) groups excluding carboxylic acids is 1. The number of aromatic nitrogens is 1. The molecule has 1 aromatic heterocycles. The highest BCUT2D eigenvalue weighted by Gasteiger charge is 2.24. The Balaban J connectivity index is 1.71. The number of benzene rings is 3. The summed E-state index contributed by atoms with van der Waals surface area (Å²) in [4.78, 5) is 17.3. The highest BCUT2D eigenvalue weighted by atomic mass is 32.2. The Kier molecular flexibility index (Phi) is 6.10. The second-order valence-corrected chi connectivity index (χ2v) is 9.55. The summed E-state index contributed by atoms with van der Waals surface area (Å²) in [7, 11) is -3.72. The molecule has 3 aromatic carbocycles. The number of nitrogens with zero attached hydrogens (tertiary/aromatic N) is 2. The van der Waals surface area contributed by atoms with Gasteiger partial charge in [0.2, 0.25) is 15.9 Å². The molecule has 0 aliphatic carbocycles. The maximum absolute atomic E-state index is 12.5. The molecule has 7 heteroatoms. The van der Waals surface area contributed by atoms with E-state index in [9.17, 15) is 13.2 Å². The molecule has 0 saturated carbocycles. The lowest BCUT2D eigenvalue weighted by Crippen LogP contribution is -2.35. The Labute approximate surface area is 187 Å². The van der Waals surface area contributed by atoms with Crippen molar-refractivity contribution in [3.05, 3.63) is 72.8 Å². The SMILES string of the molecule is CCCCC(=O)N(c1ccc(Nc2c3ccccc3nc3ccccc23)cc1)S(C)(=O)=O. The van der Waals surface area contributed by atoms with Crippen molar-refractivity contribution in [2.75, 3.05) is 15.9 Å². The summed E-state index contributed by atoms with van der Waals surface area (Å²) in [6.45, 7) is 1.96. The van der Waals surface area contributed by atoms with E-state index >= 15 is 0 Å². The first-order chi connectivity index (χ1) is 15.4. The van der Waals surface area contributed by atoms with Gasteiger partial charge in [-0.1, -0.05) is 49.7 Å². The summed E-state index contributed by atoms with van der Waals surface area (Å²) in [6.07, 6.45) is 2.71. The fourth-order valence-corrected chi connectivity index (χ4v) is 4.71. The molecule has 0 bridgehead atoms. The average molecular weight is 448 g/mol. The van der Waals surface area contributed by atoms with Gasteiger partial charge in [-0.3, -0.25) is 4.79 Å². The zero-order valence-corrected chi connectivity index (χ0v) is 18.9. The molecule has 4 rings (SSSR count). The molecule has 4 aromatic rings. The van der Waals surface area contributed by atoms with Crippen LogP contribution in [0.15, 0.2) is 72.8 Å². The van der Waals surface area contributed by atoms with Crippen molar-refractivity contribution in [3.63, 3.8) is 0 Å². The average Bonchev–Trinajstić information content (AvgIpc) is 2.78. The Morgan fingerprint density at radius 3 is 2.00 bits per heavy atom. The molecular formula is C25H25N3O3S. The number of amides is 1. The molecular weight excluding hydrogens is 422 g/mol. The van der Waals surface area contributed by atoms with E-state index < -0.39 is 15.9 Å². The number of hydrogen-bond acceptors (Lipinski definition) is 5. The van der Waals surface area contributed by atoms with E-state index in [2.05, 4.69) is 5.32 Å². The molecule has 1 heterocycles. The number of para-hydroxylation sites is 2. The first-order valence-corrected chi connectivity index (χ1v) is 12.4. The van der Waals surface area contributed by atoms with Crippen molar-refractivity contribution >= 4 is 54.8 Å². The minimum atomic E-state index is -3.72. The maximum Gasteiger partial charge on any atom is 0.240 e. The molecule has 0 radical (unpaired) electrons. The van der Waals surface area contributed by atoms with Gasteiger partial charge in [0.05, 0.1) is 28.7 Å². The highest BCUT2D eigenvalue weighted by molar-refractivity contribution is 7.92. The number of rotatable bonds is 7. The van der Waals surface area contributed by atoms with Crippen LogP contribution in [0.1, 0.15) is 26.2 Å². The topological polar surface area (TPSA) is 79.4 Å². The summed E-state index contributed by atoms with van der Waals surface area (Å²) in [5, 5.41) is 5.44. The minimum absolute atomic E-state index is 0.193. The van der Waals surface area contributed by atoms with E-state index in [1.165, 1.54) is 0 Å². The number of hydrogen-bond donors (Lipinski definition) is 1. The molecule has 0 saturated heterocycles. The van der Waals surface area contributed by atoms with Crippen LogP contribution < -0.4 is 9.62 Å². The summed E-state index contributed by atoms with van der Waals surface area (Å²) in [5.74, 6) is -0.416. The summed E-state index contributed by atoms with van der Waals surface area (Å²) in [5.41, 5.74) is 3.82. The second-order valence-electron chi connectivity index (χ2n) is 7.72. The van der Waals surface area contributed by atoms with Crippen molar-refractivity contribution in [3.8, 4) is 0 Å². The molecule has 0 atom stereocenters. The van der Waals surface area contributed by atoms with Gasteiger partial charge < -0.3 is 5.32 Å². The third kappa shape index (κ3) is 4.43. The normalized spacial score (nSPS) is 11.6. The third-order valence-electron chi connectivity index (χ3n) is 5.26. The van der Waals surface area contributed by atoms with Crippen LogP contribution in [0.5, 0.6) is 0 Å². The summed E-state index contributed by atoms with van der Waals surface area (Å²) in [6, 6.07) is 22.7. The predicted octanol–water partition coefficient (Wildman–Crippen LogP) is 5.61. The molecule has 0 fully saturated rings. The van der Waals surface area contributed by atoms with Crippen molar-refractivity contribution in [2.45, 2.75) is 26.2 Å². The smallest absolute Gasteiger partial charge is 0.240 e. The molecule has 0 unspecified atom stereocenters. The third-order valence-corrected chi connectivity index (χ3v) is 6.34. The molecule has 32 heavy (non-hydrogen) atoms. The molecule has 6 nitrogen and oxygen atoms in total. The van der Waals surface area contributed by atoms with Crippen LogP contribution >= 0.6 is 0 Å². The van der Waals surface area contributed by atoms with Crippen LogP contribution in [0.25, 0.3) is 21.8 Å². The number of pyridine rings is 1. The maximum atomic E-state index is 12.5. The number of carbonyl (C=O) groups is 1. The van der Waals surface area contributed by atoms with Gasteiger partial charge in [0.1, 0.15) is 0 Å². The first kappa shape index (κ1) is 21.8. The number of nitrogens with one attached hydrogen (secondary N) is 1. The van der Waals surface area contributed by atoms with Crippen LogP contribution in [0.3, 0.4) is 0 Å². The lowest BCUT2D eigenvalue weighted by Gasteiger charge is -2.21. The number of anilines is 3. The lowest BCUT2D eigenvalue weighted by atomic mass is 10.1. The lowest BCUT2D eigenvalue weighted by molar-refractivity contribution is -0.117. The van der Waals surface area contributed by atoms with E-state index in [0.29, 0.717) is 12.1 Å². The van der Waals surface area contributed by atoms with Crippen molar-refractivity contribution < 1.29 is 13.2 Å². The van der Waals surface area contributed by atoms with Gasteiger partial charge in [0, 0.05) is 22.9 Å². The van der Waals surface area contributed by atoms with Gasteiger partial charge in [-0.25, -0.2) is 17.7 Å². The van der Waals surface area contributed by atoms with Gasteiger partial charge in [-0.15, -0.1) is 0 Å². The fourth-order valence-electron chi connectivity index (χ4n) is 3.75. The van der Waals surface area contributed by atoms with Crippen LogP contribution in [-0.2, 0) is 14.8 Å². The number of unbranched alkanes of at least 4 members (excludes halogenated alkanes) is 1. The molecule has 164 valence electrons. The molecule has 1 N–H and O–H groups in total. The van der Waals surface area contributed by atoms with Gasteiger partial charge in [0.25, 0.3) is 0 Å². The van der Waals surface area contributed by atoms with E-state index in [4.69, 9.17) is 4.98 Å². The van der Waals surface area contributed by atoms with E-state index in [1.54, 1.807) is 24.3 Å². The monoisotopic (exact) mass is 447 g/mol. The quantitative estimate of drug-likeness (QED) is 0.372. The Bertz CT molecular complexity index is 1330. The molecule has 0 aliphatic heterocycles. The van der Waals surface area contributed by atoms with Crippen LogP contribution in [0.2, 0.25) is 0 Å². The largest absolute Gasteiger partial charge is 0.354 e. The van der Waals surface area contributed by atoms with Crippen LogP contribution in [-0.4, -0.2) is 25.6 Å². The minimum Gasteiger partial charge on any atom is -0.354 e. The molecule has 1 amide bonds. The van der Waals surface area contributed by atoms with E-state index in [1.807, 2.05) is 55.5 Å². The van der Waals surface area contributed by atoms with Crippen molar-refractivity contribution in [2.24, 2.45) is 0 Å². The highest BCUT2D eigenvalue weighted by Crippen LogP contribution is 2.33. The zero-order chi connectivity index (χ0) is 22.7. The van der Waals surface area contributed by atoms with E-state index in [-0.39, 0.29) is 6.42 Å². The number of fused-ring (bicyclic) bond motifs is 2. The van der Waals surface area contributed by atoms with Crippen molar-refractivity contribution in [1.29, 1.82) is 0 Å². The predicted molar refractivity (Wildman–Crippen MR) is 131 cm³/mol. The standard InChI is InChI=1S/C25H25N3O3S/c1-3-4-13-24(29)28(32(2,30)31)19-16-14-18(15-17-19)26-25-20-9-5-7-11-22(20)27-23-12-8-6-10-21(23)25/h5-12,14-17H,3-4,13H2,1-2H3,(H,26,27). The van der Waals surface area contributed by atoms with Crippen LogP contribution in [0, 0.1) is 0 Å². The second kappa shape index (κ2) is 8.96. The van der Waals surface area contributed by atoms with Gasteiger partial charge in [0.15, 0.2) is 0 Å².